The van der Waals surface area contributed by atoms with Crippen LogP contribution < -0.4 is 0 Å². The van der Waals surface area contributed by atoms with E-state index in [0.717, 1.165) is 12.5 Å². The van der Waals surface area contributed by atoms with Crippen LogP contribution in [0.4, 0.5) is 4.39 Å². The quantitative estimate of drug-likeness (QED) is 0.864. The lowest BCUT2D eigenvalue weighted by atomic mass is 10.1. The van der Waals surface area contributed by atoms with E-state index in [1.54, 1.807) is 4.68 Å². The summed E-state index contributed by atoms with van der Waals surface area (Å²) < 4.78 is 15.3. The maximum Gasteiger partial charge on any atom is 0.136 e. The van der Waals surface area contributed by atoms with E-state index >= 15 is 0 Å². The third kappa shape index (κ3) is 1.88. The van der Waals surface area contributed by atoms with Gasteiger partial charge in [-0.25, -0.2) is 9.07 Å². The summed E-state index contributed by atoms with van der Waals surface area (Å²) in [5.74, 6) is -0.560. The van der Waals surface area contributed by atoms with Crippen molar-refractivity contribution in [3.05, 3.63) is 30.2 Å². The fourth-order valence-corrected chi connectivity index (χ4v) is 1.55. The van der Waals surface area contributed by atoms with E-state index in [9.17, 15) is 4.39 Å². The van der Waals surface area contributed by atoms with Gasteiger partial charge in [0.25, 0.3) is 0 Å². The number of rotatable bonds is 3. The highest BCUT2D eigenvalue weighted by atomic mass is 19.1. The van der Waals surface area contributed by atoms with Crippen molar-refractivity contribution in [2.75, 3.05) is 0 Å². The fourth-order valence-electron chi connectivity index (χ4n) is 1.55. The van der Waals surface area contributed by atoms with E-state index in [1.165, 1.54) is 18.3 Å². The summed E-state index contributed by atoms with van der Waals surface area (Å²) in [7, 11) is 0. The second-order valence-electron chi connectivity index (χ2n) is 3.51. The van der Waals surface area contributed by atoms with Crippen molar-refractivity contribution in [2.45, 2.75) is 19.9 Å². The monoisotopic (exact) mass is 221 g/mol. The Labute approximate surface area is 92.3 Å². The zero-order chi connectivity index (χ0) is 11.5. The summed E-state index contributed by atoms with van der Waals surface area (Å²) in [6.07, 6.45) is 2.42. The summed E-state index contributed by atoms with van der Waals surface area (Å²) in [5.41, 5.74) is 1.02. The first-order valence-electron chi connectivity index (χ1n) is 5.09. The summed E-state index contributed by atoms with van der Waals surface area (Å²) >= 11 is 0. The second kappa shape index (κ2) is 4.30. The molecule has 5 heteroatoms. The number of hydrogen-bond acceptors (Lipinski definition) is 3. The molecule has 0 saturated heterocycles. The zero-order valence-corrected chi connectivity index (χ0v) is 8.89. The number of benzene rings is 1. The molecule has 1 N–H and O–H groups in total. The number of phenols is 1. The molecule has 0 unspecified atom stereocenters. The van der Waals surface area contributed by atoms with Gasteiger partial charge in [0.1, 0.15) is 11.6 Å². The Morgan fingerprint density at radius 2 is 2.25 bits per heavy atom. The van der Waals surface area contributed by atoms with Crippen molar-refractivity contribution >= 4 is 0 Å². The molecule has 0 aliphatic rings. The van der Waals surface area contributed by atoms with Crippen molar-refractivity contribution in [1.82, 2.24) is 15.0 Å². The Bertz CT molecular complexity index is 496. The van der Waals surface area contributed by atoms with Crippen LogP contribution in [0.5, 0.6) is 5.75 Å². The molecule has 2 rings (SSSR count). The molecule has 0 amide bonds. The van der Waals surface area contributed by atoms with Gasteiger partial charge in [-0.1, -0.05) is 12.1 Å². The number of phenolic OH excluding ortho intramolecular Hbond substituents is 1. The van der Waals surface area contributed by atoms with Crippen LogP contribution in [0.3, 0.4) is 0 Å². The number of halogens is 1. The van der Waals surface area contributed by atoms with Gasteiger partial charge in [0.2, 0.25) is 0 Å². The average Bonchev–Trinajstić information content (AvgIpc) is 2.67. The maximum atomic E-state index is 13.6. The average molecular weight is 221 g/mol. The molecule has 0 fully saturated rings. The first-order chi connectivity index (χ1) is 7.72. The number of nitrogens with zero attached hydrogens (tertiary/aromatic N) is 3. The molecule has 0 spiro atoms. The predicted molar refractivity (Wildman–Crippen MR) is 57.4 cm³/mol. The van der Waals surface area contributed by atoms with E-state index < -0.39 is 5.82 Å². The van der Waals surface area contributed by atoms with Gasteiger partial charge < -0.3 is 5.11 Å². The van der Waals surface area contributed by atoms with Gasteiger partial charge in [-0.2, -0.15) is 0 Å². The standard InChI is InChI=1S/C11H12FN3O/c1-2-5-15-11(7-13-14-15)9-4-3-8(16)6-10(9)12/h3-4,6-7,16H,2,5H2,1H3. The number of aromatic nitrogens is 3. The van der Waals surface area contributed by atoms with E-state index in [4.69, 9.17) is 5.11 Å². The van der Waals surface area contributed by atoms with Crippen molar-refractivity contribution in [3.63, 3.8) is 0 Å². The summed E-state index contributed by atoms with van der Waals surface area (Å²) in [6.45, 7) is 2.70. The summed E-state index contributed by atoms with van der Waals surface area (Å²) in [5, 5.41) is 16.8. The molecule has 0 aliphatic heterocycles. The third-order valence-electron chi connectivity index (χ3n) is 2.28. The van der Waals surface area contributed by atoms with Crippen molar-refractivity contribution in [2.24, 2.45) is 0 Å². The van der Waals surface area contributed by atoms with Crippen LogP contribution in [0.25, 0.3) is 11.3 Å². The highest BCUT2D eigenvalue weighted by molar-refractivity contribution is 5.60. The molecule has 0 bridgehead atoms. The van der Waals surface area contributed by atoms with Crippen LogP contribution >= 0.6 is 0 Å². The van der Waals surface area contributed by atoms with Crippen LogP contribution in [0.1, 0.15) is 13.3 Å². The van der Waals surface area contributed by atoms with Gasteiger partial charge in [0.15, 0.2) is 0 Å². The minimum Gasteiger partial charge on any atom is -0.508 e. The first-order valence-corrected chi connectivity index (χ1v) is 5.09. The SMILES string of the molecule is CCCn1nncc1-c1ccc(O)cc1F. The van der Waals surface area contributed by atoms with Crippen molar-refractivity contribution < 1.29 is 9.50 Å². The van der Waals surface area contributed by atoms with Gasteiger partial charge in [-0.05, 0) is 18.6 Å². The van der Waals surface area contributed by atoms with Gasteiger partial charge in [0, 0.05) is 18.2 Å². The van der Waals surface area contributed by atoms with Crippen LogP contribution in [0.2, 0.25) is 0 Å². The molecule has 1 aromatic carbocycles. The second-order valence-corrected chi connectivity index (χ2v) is 3.51. The molecule has 4 nitrogen and oxygen atoms in total. The maximum absolute atomic E-state index is 13.6. The fraction of sp³-hybridized carbons (Fsp3) is 0.273. The Hall–Kier alpha value is -1.91. The molecule has 0 radical (unpaired) electrons. The number of hydrogen-bond donors (Lipinski definition) is 1. The molecule has 16 heavy (non-hydrogen) atoms. The van der Waals surface area contributed by atoms with E-state index in [-0.39, 0.29) is 5.75 Å². The summed E-state index contributed by atoms with van der Waals surface area (Å²) in [6, 6.07) is 4.05. The molecular weight excluding hydrogens is 209 g/mol. The zero-order valence-electron chi connectivity index (χ0n) is 8.89. The van der Waals surface area contributed by atoms with Crippen LogP contribution in [-0.2, 0) is 6.54 Å². The first kappa shape index (κ1) is 10.6. The Balaban J connectivity index is 2.46. The van der Waals surface area contributed by atoms with Crippen LogP contribution in [-0.4, -0.2) is 20.1 Å². The highest BCUT2D eigenvalue weighted by Gasteiger charge is 2.11. The Morgan fingerprint density at radius 1 is 1.44 bits per heavy atom. The minimum absolute atomic E-state index is 0.0873. The van der Waals surface area contributed by atoms with E-state index in [1.807, 2.05) is 6.92 Å². The molecule has 0 aliphatic carbocycles. The predicted octanol–water partition coefficient (Wildman–Crippen LogP) is 2.20. The number of aryl methyl sites for hydroxylation is 1. The lowest BCUT2D eigenvalue weighted by Gasteiger charge is -2.05. The van der Waals surface area contributed by atoms with Crippen molar-refractivity contribution in [1.29, 1.82) is 0 Å². The minimum atomic E-state index is -0.473. The molecular formula is C11H12FN3O. The topological polar surface area (TPSA) is 50.9 Å². The molecule has 0 atom stereocenters. The van der Waals surface area contributed by atoms with Crippen LogP contribution in [0.15, 0.2) is 24.4 Å². The van der Waals surface area contributed by atoms with Crippen molar-refractivity contribution in [3.8, 4) is 17.0 Å². The van der Waals surface area contributed by atoms with Crippen LogP contribution in [0, 0.1) is 5.82 Å². The highest BCUT2D eigenvalue weighted by Crippen LogP contribution is 2.24. The normalized spacial score (nSPS) is 10.6. The third-order valence-corrected chi connectivity index (χ3v) is 2.28. The summed E-state index contributed by atoms with van der Waals surface area (Å²) in [4.78, 5) is 0. The molecule has 1 heterocycles. The van der Waals surface area contributed by atoms with E-state index in [2.05, 4.69) is 10.3 Å². The smallest absolute Gasteiger partial charge is 0.136 e. The van der Waals surface area contributed by atoms with Gasteiger partial charge in [0.05, 0.1) is 11.9 Å². The van der Waals surface area contributed by atoms with Gasteiger partial charge in [-0.3, -0.25) is 0 Å². The molecule has 1 aromatic heterocycles. The molecule has 84 valence electrons. The Kier molecular flexibility index (Phi) is 2.85. The van der Waals surface area contributed by atoms with Gasteiger partial charge >= 0.3 is 0 Å². The molecule has 2 aromatic rings. The lowest BCUT2D eigenvalue weighted by Crippen LogP contribution is -2.02. The molecule has 0 saturated carbocycles. The van der Waals surface area contributed by atoms with E-state index in [0.29, 0.717) is 17.8 Å². The van der Waals surface area contributed by atoms with Gasteiger partial charge in [-0.15, -0.1) is 5.10 Å². The Morgan fingerprint density at radius 3 is 2.94 bits per heavy atom. The lowest BCUT2D eigenvalue weighted by molar-refractivity contribution is 0.469. The number of aromatic hydroxyl groups is 1. The largest absolute Gasteiger partial charge is 0.508 e.